The third kappa shape index (κ3) is 10.2. The molecule has 8 nitrogen and oxygen atoms in total. The Labute approximate surface area is 261 Å². The smallest absolute Gasteiger partial charge is 0.480 e. The molecule has 2 fully saturated rings. The predicted molar refractivity (Wildman–Crippen MR) is 162 cm³/mol. The highest BCUT2D eigenvalue weighted by atomic mass is 19.4. The van der Waals surface area contributed by atoms with Crippen LogP contribution in [-0.2, 0) is 19.0 Å². The van der Waals surface area contributed by atoms with Crippen LogP contribution in [0.25, 0.3) is 0 Å². The molecule has 2 heterocycles. The van der Waals surface area contributed by atoms with E-state index in [4.69, 9.17) is 18.9 Å². The van der Waals surface area contributed by atoms with Gasteiger partial charge in [0, 0.05) is 0 Å². The monoisotopic (exact) mass is 630 g/mol. The largest absolute Gasteiger partial charge is 0.573 e. The van der Waals surface area contributed by atoms with Gasteiger partial charge >= 0.3 is 12.3 Å². The number of hydrogen-bond acceptors (Lipinski definition) is 8. The molecule has 0 spiro atoms. The van der Waals surface area contributed by atoms with E-state index in [1.54, 1.807) is 13.1 Å². The highest BCUT2D eigenvalue weighted by Gasteiger charge is 2.50. The van der Waals surface area contributed by atoms with Crippen LogP contribution in [0.15, 0.2) is 24.3 Å². The molecule has 44 heavy (non-hydrogen) atoms. The molecule has 1 unspecified atom stereocenters. The number of nitrogens with one attached hydrogen (secondary N) is 2. The van der Waals surface area contributed by atoms with Crippen molar-refractivity contribution < 1.29 is 41.7 Å². The number of para-hydroxylation sites is 2. The number of alkyl halides is 3. The fourth-order valence-electron chi connectivity index (χ4n) is 6.98. The van der Waals surface area contributed by atoms with Crippen LogP contribution in [-0.4, -0.2) is 69.7 Å². The maximum atomic E-state index is 13.2. The van der Waals surface area contributed by atoms with Crippen LogP contribution in [0.4, 0.5) is 13.2 Å². The molecule has 5 atom stereocenters. The van der Waals surface area contributed by atoms with Crippen LogP contribution >= 0.6 is 0 Å². The Balaban J connectivity index is 1.99. The third-order valence-electron chi connectivity index (χ3n) is 8.62. The predicted octanol–water partition coefficient (Wildman–Crippen LogP) is 6.62. The summed E-state index contributed by atoms with van der Waals surface area (Å²) in [6.45, 7) is 16.3. The first kappa shape index (κ1) is 36.4. The number of rotatable bonds is 6. The number of halogens is 3. The number of likely N-dealkylation sites (N-methyl/N-ethyl adjacent to an activating group) is 1. The number of cyclic esters (lactones) is 1. The fourth-order valence-corrected chi connectivity index (χ4v) is 6.98. The third-order valence-corrected chi connectivity index (χ3v) is 8.62. The summed E-state index contributed by atoms with van der Waals surface area (Å²) in [6.07, 6.45) is -2.69. The molecule has 0 saturated carbocycles. The Kier molecular flexibility index (Phi) is 12.4. The highest BCUT2D eigenvalue weighted by Crippen LogP contribution is 2.48. The summed E-state index contributed by atoms with van der Waals surface area (Å²) in [6, 6.07) is 5.44. The Morgan fingerprint density at radius 3 is 2.30 bits per heavy atom. The van der Waals surface area contributed by atoms with Crippen LogP contribution in [0.2, 0.25) is 0 Å². The van der Waals surface area contributed by atoms with E-state index in [0.29, 0.717) is 19.4 Å². The van der Waals surface area contributed by atoms with E-state index < -0.39 is 41.4 Å². The lowest BCUT2D eigenvalue weighted by Gasteiger charge is -2.50. The summed E-state index contributed by atoms with van der Waals surface area (Å²) in [5.74, 6) is -0.739. The van der Waals surface area contributed by atoms with Crippen LogP contribution in [0.5, 0.6) is 11.5 Å². The van der Waals surface area contributed by atoms with Crippen LogP contribution < -0.4 is 20.1 Å². The van der Waals surface area contributed by atoms with Gasteiger partial charge in [-0.1, -0.05) is 39.8 Å². The van der Waals surface area contributed by atoms with Gasteiger partial charge in [0.2, 0.25) is 0 Å². The molecule has 2 N–H and O–H groups in total. The van der Waals surface area contributed by atoms with Gasteiger partial charge in [-0.3, -0.25) is 4.79 Å². The number of carbonyl (C=O) groups is 1. The summed E-state index contributed by atoms with van der Waals surface area (Å²) >= 11 is 0. The van der Waals surface area contributed by atoms with Gasteiger partial charge in [0.25, 0.3) is 0 Å². The first-order valence-electron chi connectivity index (χ1n) is 15.8. The van der Waals surface area contributed by atoms with Gasteiger partial charge in [0.05, 0.1) is 30.3 Å². The molecule has 0 aliphatic carbocycles. The van der Waals surface area contributed by atoms with E-state index in [2.05, 4.69) is 43.1 Å². The first-order chi connectivity index (χ1) is 20.4. The highest BCUT2D eigenvalue weighted by molar-refractivity contribution is 5.76. The Hall–Kier alpha value is -2.08. The Morgan fingerprint density at radius 1 is 0.977 bits per heavy atom. The number of esters is 1. The van der Waals surface area contributed by atoms with Gasteiger partial charge in [0.1, 0.15) is 0 Å². The van der Waals surface area contributed by atoms with Crippen LogP contribution in [0, 0.1) is 16.2 Å². The van der Waals surface area contributed by atoms with Crippen molar-refractivity contribution >= 4 is 5.97 Å². The zero-order valence-electron chi connectivity index (χ0n) is 27.6. The second-order valence-electron chi connectivity index (χ2n) is 14.3. The van der Waals surface area contributed by atoms with Gasteiger partial charge < -0.3 is 34.3 Å². The van der Waals surface area contributed by atoms with Crippen molar-refractivity contribution in [1.29, 1.82) is 0 Å². The Bertz CT molecular complexity index is 1060. The van der Waals surface area contributed by atoms with Crippen LogP contribution in [0.3, 0.4) is 0 Å². The topological polar surface area (TPSA) is 87.3 Å². The molecule has 3 rings (SSSR count). The first-order valence-corrected chi connectivity index (χ1v) is 15.8. The zero-order valence-corrected chi connectivity index (χ0v) is 27.6. The SMILES string of the molecule is CN[C@H]1C[C@@H](C)O[C@@H](OC2C(C)(C)CCCNCCCCOC(=O)C(C)(C)CC2(C)C)[C@@H]1Oc1ccccc1OC(F)(F)F. The molecule has 2 aliphatic heterocycles. The van der Waals surface area contributed by atoms with Crippen molar-refractivity contribution in [2.24, 2.45) is 16.2 Å². The van der Waals surface area contributed by atoms with E-state index in [1.807, 2.05) is 20.8 Å². The maximum absolute atomic E-state index is 13.2. The van der Waals surface area contributed by atoms with Crippen molar-refractivity contribution in [2.75, 3.05) is 26.7 Å². The number of benzene rings is 1. The minimum Gasteiger partial charge on any atom is -0.480 e. The van der Waals surface area contributed by atoms with Crippen molar-refractivity contribution in [3.8, 4) is 11.5 Å². The summed E-state index contributed by atoms with van der Waals surface area (Å²) in [5, 5.41) is 6.74. The second kappa shape index (κ2) is 15.0. The van der Waals surface area contributed by atoms with Gasteiger partial charge in [-0.15, -0.1) is 13.2 Å². The van der Waals surface area contributed by atoms with Crippen molar-refractivity contribution in [3.63, 3.8) is 0 Å². The standard InChI is InChI=1S/C33H53F3N2O6/c1-22-20-23(37-8)26(42-24-14-9-10-15-25(24)44-33(34,35)36)27(41-22)43-28-30(2,3)16-13-18-38-17-11-12-19-40-29(39)32(6,7)21-31(28,4)5/h9-10,14-15,22-23,26-28,37-38H,11-13,16-21H2,1-8H3/t22-,23+,26-,27+,28?/m1/s1. The molecule has 2 aliphatic rings. The van der Waals surface area contributed by atoms with Crippen molar-refractivity contribution in [1.82, 2.24) is 10.6 Å². The average molecular weight is 631 g/mol. The van der Waals surface area contributed by atoms with E-state index in [1.165, 1.54) is 18.2 Å². The van der Waals surface area contributed by atoms with Crippen molar-refractivity contribution in [3.05, 3.63) is 24.3 Å². The van der Waals surface area contributed by atoms with E-state index >= 15 is 0 Å². The molecule has 0 bridgehead atoms. The zero-order chi connectivity index (χ0) is 32.8. The quantitative estimate of drug-likeness (QED) is 0.340. The lowest BCUT2D eigenvalue weighted by atomic mass is 9.64. The molecule has 11 heteroatoms. The normalized spacial score (nSPS) is 30.3. The molecule has 0 amide bonds. The molecule has 1 aromatic carbocycles. The van der Waals surface area contributed by atoms with Crippen molar-refractivity contribution in [2.45, 2.75) is 124 Å². The average Bonchev–Trinajstić information content (AvgIpc) is 2.90. The van der Waals surface area contributed by atoms with E-state index in [-0.39, 0.29) is 29.3 Å². The second-order valence-corrected chi connectivity index (χ2v) is 14.3. The molecule has 0 radical (unpaired) electrons. The fraction of sp³-hybridized carbons (Fsp3) is 0.788. The molecular formula is C33H53F3N2O6. The van der Waals surface area contributed by atoms with Crippen LogP contribution in [0.1, 0.15) is 87.0 Å². The lowest BCUT2D eigenvalue weighted by Crippen LogP contribution is -2.59. The summed E-state index contributed by atoms with van der Waals surface area (Å²) < 4.78 is 69.3. The minimum atomic E-state index is -4.88. The number of ether oxygens (including phenoxy) is 5. The summed E-state index contributed by atoms with van der Waals surface area (Å²) in [4.78, 5) is 13.2. The summed E-state index contributed by atoms with van der Waals surface area (Å²) in [5.41, 5.74) is -1.69. The van der Waals surface area contributed by atoms with Gasteiger partial charge in [-0.05, 0) is 102 Å². The maximum Gasteiger partial charge on any atom is 0.573 e. The van der Waals surface area contributed by atoms with Gasteiger partial charge in [-0.25, -0.2) is 0 Å². The van der Waals surface area contributed by atoms with E-state index in [0.717, 1.165) is 38.8 Å². The number of carbonyl (C=O) groups excluding carboxylic acids is 1. The minimum absolute atomic E-state index is 0.0580. The Morgan fingerprint density at radius 2 is 1.64 bits per heavy atom. The molecule has 2 saturated heterocycles. The molecule has 1 aromatic rings. The van der Waals surface area contributed by atoms with Gasteiger partial charge in [0.15, 0.2) is 23.9 Å². The number of hydrogen-bond donors (Lipinski definition) is 2. The van der Waals surface area contributed by atoms with E-state index in [9.17, 15) is 18.0 Å². The molecule has 252 valence electrons. The molecular weight excluding hydrogens is 577 g/mol. The molecule has 0 aromatic heterocycles. The lowest BCUT2D eigenvalue weighted by molar-refractivity contribution is -0.287. The van der Waals surface area contributed by atoms with Gasteiger partial charge in [-0.2, -0.15) is 0 Å². The summed E-state index contributed by atoms with van der Waals surface area (Å²) in [7, 11) is 1.79.